The Labute approximate surface area is 139 Å². The minimum Gasteiger partial charge on any atom is -0.360 e. The quantitative estimate of drug-likeness (QED) is 0.806. The van der Waals surface area contributed by atoms with Gasteiger partial charge in [-0.2, -0.15) is 4.37 Å². The van der Waals surface area contributed by atoms with Crippen LogP contribution in [0.1, 0.15) is 30.6 Å². The van der Waals surface area contributed by atoms with Crippen molar-refractivity contribution < 1.29 is 8.91 Å². The molecule has 1 aliphatic rings. The third-order valence-corrected chi connectivity index (χ3v) is 4.97. The van der Waals surface area contributed by atoms with Crippen LogP contribution >= 0.6 is 11.5 Å². The molecule has 1 fully saturated rings. The van der Waals surface area contributed by atoms with Gasteiger partial charge in [0.05, 0.1) is 12.2 Å². The predicted molar refractivity (Wildman–Crippen MR) is 87.5 cm³/mol. The fraction of sp³-hybridized carbons (Fsp3) is 0.667. The van der Waals surface area contributed by atoms with E-state index in [1.54, 1.807) is 0 Å². The zero-order valence-corrected chi connectivity index (χ0v) is 14.5. The summed E-state index contributed by atoms with van der Waals surface area (Å²) >= 11 is 1.40. The summed E-state index contributed by atoms with van der Waals surface area (Å²) in [4.78, 5) is 8.69. The number of rotatable bonds is 6. The minimum absolute atomic E-state index is 0.134. The Balaban J connectivity index is 1.64. The van der Waals surface area contributed by atoms with Crippen LogP contribution in [-0.2, 0) is 13.0 Å². The van der Waals surface area contributed by atoms with Crippen LogP contribution in [0, 0.1) is 6.92 Å². The number of aromatic nitrogens is 3. The van der Waals surface area contributed by atoms with Crippen LogP contribution in [-0.4, -0.2) is 51.8 Å². The molecular weight excluding hydrogens is 317 g/mol. The Kier molecular flexibility index (Phi) is 4.91. The summed E-state index contributed by atoms with van der Waals surface area (Å²) in [5.74, 6) is 1.65. The Hall–Kier alpha value is -1.54. The third kappa shape index (κ3) is 3.87. The molecule has 0 N–H and O–H groups in total. The van der Waals surface area contributed by atoms with Gasteiger partial charge < -0.3 is 9.42 Å². The summed E-state index contributed by atoms with van der Waals surface area (Å²) in [5.41, 5.74) is 0.852. The molecule has 6 nitrogen and oxygen atoms in total. The molecule has 1 saturated heterocycles. The lowest BCUT2D eigenvalue weighted by Crippen LogP contribution is -2.38. The van der Waals surface area contributed by atoms with Gasteiger partial charge in [-0.05, 0) is 13.3 Å². The fourth-order valence-electron chi connectivity index (χ4n) is 2.93. The van der Waals surface area contributed by atoms with Crippen LogP contribution in [0.15, 0.2) is 10.6 Å². The van der Waals surface area contributed by atoms with E-state index in [1.807, 2.05) is 27.0 Å². The van der Waals surface area contributed by atoms with E-state index in [0.29, 0.717) is 19.5 Å². The number of aryl methyl sites for hydroxylation is 2. The molecule has 2 atom stereocenters. The smallest absolute Gasteiger partial charge is 0.204 e. The topological polar surface area (TPSA) is 58.3 Å². The van der Waals surface area contributed by atoms with Crippen LogP contribution in [0.5, 0.6) is 0 Å². The molecule has 2 aromatic heterocycles. The van der Waals surface area contributed by atoms with Crippen LogP contribution in [0.25, 0.3) is 0 Å². The van der Waals surface area contributed by atoms with Crippen molar-refractivity contribution in [2.45, 2.75) is 45.4 Å². The minimum atomic E-state index is -0.793. The summed E-state index contributed by atoms with van der Waals surface area (Å²) in [5, 5.41) is 4.79. The number of anilines is 1. The van der Waals surface area contributed by atoms with Crippen molar-refractivity contribution >= 4 is 16.7 Å². The highest BCUT2D eigenvalue weighted by Gasteiger charge is 2.33. The lowest BCUT2D eigenvalue weighted by molar-refractivity contribution is 0.209. The standard InChI is InChI=1S/C15H22FN5OS/c1-4-14-17-15(23-19-14)20(3)8-12-6-11(16)7-21(12)9-13-5-10(2)18-22-13/h5,11-12H,4,6-9H2,1-3H3/t11-,12-/m0/s1. The Morgan fingerprint density at radius 2 is 2.35 bits per heavy atom. The molecule has 0 spiro atoms. The Morgan fingerprint density at radius 3 is 3.00 bits per heavy atom. The van der Waals surface area contributed by atoms with Gasteiger partial charge in [0, 0.05) is 50.2 Å². The lowest BCUT2D eigenvalue weighted by atomic mass is 10.2. The maximum absolute atomic E-state index is 13.9. The third-order valence-electron chi connectivity index (χ3n) is 4.10. The molecule has 126 valence electrons. The molecule has 3 rings (SSSR count). The van der Waals surface area contributed by atoms with Crippen LogP contribution < -0.4 is 4.90 Å². The van der Waals surface area contributed by atoms with E-state index >= 15 is 0 Å². The molecule has 0 amide bonds. The van der Waals surface area contributed by atoms with Gasteiger partial charge in [-0.15, -0.1) is 0 Å². The summed E-state index contributed by atoms with van der Waals surface area (Å²) in [6.07, 6.45) is 0.576. The molecule has 0 aromatic carbocycles. The monoisotopic (exact) mass is 339 g/mol. The molecule has 0 radical (unpaired) electrons. The summed E-state index contributed by atoms with van der Waals surface area (Å²) in [6, 6.07) is 2.04. The average Bonchev–Trinajstić information content (AvgIpc) is 3.21. The number of alkyl halides is 1. The Bertz CT molecular complexity index is 645. The molecule has 0 saturated carbocycles. The van der Waals surface area contributed by atoms with Crippen LogP contribution in [0.2, 0.25) is 0 Å². The molecule has 23 heavy (non-hydrogen) atoms. The first-order chi connectivity index (χ1) is 11.0. The van der Waals surface area contributed by atoms with Gasteiger partial charge >= 0.3 is 0 Å². The van der Waals surface area contributed by atoms with Crippen molar-refractivity contribution in [2.75, 3.05) is 25.0 Å². The van der Waals surface area contributed by atoms with Gasteiger partial charge in [0.15, 0.2) is 5.76 Å². The van der Waals surface area contributed by atoms with E-state index in [-0.39, 0.29) is 6.04 Å². The average molecular weight is 339 g/mol. The van der Waals surface area contributed by atoms with Crippen molar-refractivity contribution in [3.8, 4) is 0 Å². The highest BCUT2D eigenvalue weighted by molar-refractivity contribution is 7.09. The molecular formula is C15H22FN5OS. The van der Waals surface area contributed by atoms with Crippen molar-refractivity contribution in [1.29, 1.82) is 0 Å². The van der Waals surface area contributed by atoms with E-state index in [9.17, 15) is 4.39 Å². The number of likely N-dealkylation sites (tertiary alicyclic amines) is 1. The van der Waals surface area contributed by atoms with Gasteiger partial charge in [-0.3, -0.25) is 4.90 Å². The number of likely N-dealkylation sites (N-methyl/N-ethyl adjacent to an activating group) is 1. The lowest BCUT2D eigenvalue weighted by Gasteiger charge is -2.27. The molecule has 0 unspecified atom stereocenters. The second kappa shape index (κ2) is 6.92. The maximum Gasteiger partial charge on any atom is 0.204 e. The van der Waals surface area contributed by atoms with Gasteiger partial charge in [0.25, 0.3) is 0 Å². The largest absolute Gasteiger partial charge is 0.360 e. The molecule has 0 bridgehead atoms. The number of nitrogens with zero attached hydrogens (tertiary/aromatic N) is 5. The highest BCUT2D eigenvalue weighted by Crippen LogP contribution is 2.25. The summed E-state index contributed by atoms with van der Waals surface area (Å²) < 4.78 is 23.5. The van der Waals surface area contributed by atoms with Crippen molar-refractivity contribution in [3.63, 3.8) is 0 Å². The van der Waals surface area contributed by atoms with E-state index in [0.717, 1.165) is 35.4 Å². The first-order valence-electron chi connectivity index (χ1n) is 7.89. The number of hydrogen-bond donors (Lipinski definition) is 0. The Morgan fingerprint density at radius 1 is 1.52 bits per heavy atom. The SMILES string of the molecule is CCc1nsc(N(C)C[C@@H]2C[C@H](F)CN2Cc2cc(C)no2)n1. The van der Waals surface area contributed by atoms with Crippen molar-refractivity contribution in [2.24, 2.45) is 0 Å². The van der Waals surface area contributed by atoms with Gasteiger partial charge in [0.2, 0.25) is 5.13 Å². The first kappa shape index (κ1) is 16.3. The second-order valence-electron chi connectivity index (χ2n) is 6.08. The van der Waals surface area contributed by atoms with E-state index < -0.39 is 6.17 Å². The van der Waals surface area contributed by atoms with Crippen molar-refractivity contribution in [3.05, 3.63) is 23.3 Å². The van der Waals surface area contributed by atoms with E-state index in [1.165, 1.54) is 11.5 Å². The van der Waals surface area contributed by atoms with Crippen LogP contribution in [0.3, 0.4) is 0 Å². The second-order valence-corrected chi connectivity index (χ2v) is 6.81. The predicted octanol–water partition coefficient (Wildman–Crippen LogP) is 2.45. The zero-order valence-electron chi connectivity index (χ0n) is 13.7. The summed E-state index contributed by atoms with van der Waals surface area (Å²) in [6.45, 7) is 5.69. The van der Waals surface area contributed by atoms with Crippen LogP contribution in [0.4, 0.5) is 9.52 Å². The molecule has 3 heterocycles. The van der Waals surface area contributed by atoms with Gasteiger partial charge in [-0.25, -0.2) is 9.37 Å². The number of hydrogen-bond acceptors (Lipinski definition) is 7. The molecule has 8 heteroatoms. The van der Waals surface area contributed by atoms with Gasteiger partial charge in [0.1, 0.15) is 12.0 Å². The molecule has 1 aliphatic heterocycles. The van der Waals surface area contributed by atoms with Gasteiger partial charge in [-0.1, -0.05) is 12.1 Å². The van der Waals surface area contributed by atoms with E-state index in [4.69, 9.17) is 4.52 Å². The first-order valence-corrected chi connectivity index (χ1v) is 8.66. The highest BCUT2D eigenvalue weighted by atomic mass is 32.1. The normalized spacial score (nSPS) is 21.9. The van der Waals surface area contributed by atoms with Crippen molar-refractivity contribution in [1.82, 2.24) is 19.4 Å². The summed E-state index contributed by atoms with van der Waals surface area (Å²) in [7, 11) is 1.99. The molecule has 0 aliphatic carbocycles. The van der Waals surface area contributed by atoms with E-state index in [2.05, 4.69) is 24.3 Å². The maximum atomic E-state index is 13.9. The fourth-order valence-corrected chi connectivity index (χ4v) is 3.65. The number of halogens is 1. The molecule has 2 aromatic rings. The zero-order chi connectivity index (χ0) is 16.4.